The zero-order valence-corrected chi connectivity index (χ0v) is 12.9. The first-order valence-electron chi connectivity index (χ1n) is 8.08. The summed E-state index contributed by atoms with van der Waals surface area (Å²) in [5, 5.41) is 3.49. The molecule has 21 heavy (non-hydrogen) atoms. The monoisotopic (exact) mass is 287 g/mol. The van der Waals surface area contributed by atoms with E-state index in [1.54, 1.807) is 4.90 Å². The summed E-state index contributed by atoms with van der Waals surface area (Å²) in [6.45, 7) is 5.57. The lowest BCUT2D eigenvalue weighted by Gasteiger charge is -2.25. The number of fused-ring (bicyclic) bond motifs is 1. The van der Waals surface area contributed by atoms with Gasteiger partial charge >= 0.3 is 0 Å². The first-order valence-corrected chi connectivity index (χ1v) is 8.08. The molecular weight excluding hydrogens is 262 g/mol. The summed E-state index contributed by atoms with van der Waals surface area (Å²) in [4.78, 5) is 16.4. The van der Waals surface area contributed by atoms with Gasteiger partial charge in [0.1, 0.15) is 0 Å². The Labute approximate surface area is 127 Å². The van der Waals surface area contributed by atoms with Crippen molar-refractivity contribution in [3.8, 4) is 0 Å². The van der Waals surface area contributed by atoms with Crippen LogP contribution in [0.1, 0.15) is 35.2 Å². The molecule has 0 unspecified atom stereocenters. The molecule has 2 aliphatic rings. The minimum Gasteiger partial charge on any atom is -0.385 e. The second kappa shape index (κ2) is 6.48. The number of rotatable bonds is 5. The van der Waals surface area contributed by atoms with E-state index >= 15 is 0 Å². The molecule has 0 spiro atoms. The number of carbonyl (C=O) groups excluding carboxylic acids is 1. The van der Waals surface area contributed by atoms with E-state index in [1.165, 1.54) is 44.5 Å². The number of benzene rings is 1. The summed E-state index contributed by atoms with van der Waals surface area (Å²) in [5.74, 6) is 0.150. The average molecular weight is 287 g/mol. The Morgan fingerprint density at radius 3 is 2.81 bits per heavy atom. The highest BCUT2D eigenvalue weighted by Gasteiger charge is 2.21. The van der Waals surface area contributed by atoms with E-state index in [1.807, 2.05) is 19.2 Å². The second-order valence-corrected chi connectivity index (χ2v) is 6.18. The first kappa shape index (κ1) is 14.4. The Morgan fingerprint density at radius 2 is 2.00 bits per heavy atom. The van der Waals surface area contributed by atoms with Crippen molar-refractivity contribution in [2.75, 3.05) is 45.1 Å². The van der Waals surface area contributed by atoms with Gasteiger partial charge in [0.05, 0.1) is 0 Å². The molecule has 1 saturated heterocycles. The number of carbonyl (C=O) groups is 1. The van der Waals surface area contributed by atoms with Crippen molar-refractivity contribution in [2.24, 2.45) is 0 Å². The molecule has 1 aromatic rings. The van der Waals surface area contributed by atoms with Crippen molar-refractivity contribution >= 4 is 11.6 Å². The van der Waals surface area contributed by atoms with Crippen LogP contribution < -0.4 is 5.32 Å². The van der Waals surface area contributed by atoms with Crippen molar-refractivity contribution in [3.63, 3.8) is 0 Å². The zero-order valence-electron chi connectivity index (χ0n) is 12.9. The van der Waals surface area contributed by atoms with Crippen LogP contribution >= 0.6 is 0 Å². The summed E-state index contributed by atoms with van der Waals surface area (Å²) < 4.78 is 0. The number of likely N-dealkylation sites (tertiary alicyclic amines) is 1. The third kappa shape index (κ3) is 3.38. The highest BCUT2D eigenvalue weighted by Crippen LogP contribution is 2.22. The van der Waals surface area contributed by atoms with Gasteiger partial charge in [0, 0.05) is 31.4 Å². The number of anilines is 1. The van der Waals surface area contributed by atoms with Crippen molar-refractivity contribution in [2.45, 2.75) is 25.7 Å². The smallest absolute Gasteiger partial charge is 0.253 e. The maximum Gasteiger partial charge on any atom is 0.253 e. The lowest BCUT2D eigenvalue weighted by atomic mass is 9.98. The molecule has 0 radical (unpaired) electrons. The van der Waals surface area contributed by atoms with Gasteiger partial charge in [-0.05, 0) is 69.1 Å². The fourth-order valence-electron chi connectivity index (χ4n) is 3.26. The lowest BCUT2D eigenvalue weighted by Crippen LogP contribution is -2.34. The van der Waals surface area contributed by atoms with Gasteiger partial charge in [-0.2, -0.15) is 0 Å². The molecule has 0 bridgehead atoms. The second-order valence-electron chi connectivity index (χ2n) is 6.18. The Morgan fingerprint density at radius 1 is 1.19 bits per heavy atom. The Hall–Kier alpha value is -1.55. The van der Waals surface area contributed by atoms with Crippen LogP contribution in [-0.2, 0) is 6.42 Å². The number of likely N-dealkylation sites (N-methyl/N-ethyl adjacent to an activating group) is 1. The van der Waals surface area contributed by atoms with Crippen LogP contribution in [-0.4, -0.2) is 55.5 Å². The van der Waals surface area contributed by atoms with Crippen LogP contribution in [0.5, 0.6) is 0 Å². The maximum absolute atomic E-state index is 12.0. The lowest BCUT2D eigenvalue weighted by molar-refractivity contribution is 0.0781. The average Bonchev–Trinajstić information content (AvgIpc) is 3.01. The number of hydrogen-bond acceptors (Lipinski definition) is 3. The fraction of sp³-hybridized carbons (Fsp3) is 0.588. The van der Waals surface area contributed by atoms with Crippen LogP contribution in [0.25, 0.3) is 0 Å². The SMILES string of the molecule is CN1CCc2cc(NCCCN3CCCC3)ccc2C1=O. The number of amides is 1. The van der Waals surface area contributed by atoms with E-state index in [4.69, 9.17) is 0 Å². The molecule has 1 aromatic carbocycles. The highest BCUT2D eigenvalue weighted by atomic mass is 16.2. The molecule has 0 aliphatic carbocycles. The molecule has 2 aliphatic heterocycles. The maximum atomic E-state index is 12.0. The van der Waals surface area contributed by atoms with E-state index in [-0.39, 0.29) is 5.91 Å². The topological polar surface area (TPSA) is 35.6 Å². The third-order valence-corrected chi connectivity index (χ3v) is 4.58. The van der Waals surface area contributed by atoms with Gasteiger partial charge in [0.15, 0.2) is 0 Å². The molecule has 114 valence electrons. The van der Waals surface area contributed by atoms with E-state index in [9.17, 15) is 4.79 Å². The molecule has 2 heterocycles. The number of nitrogens with zero attached hydrogens (tertiary/aromatic N) is 2. The molecule has 1 amide bonds. The van der Waals surface area contributed by atoms with Crippen LogP contribution in [0.15, 0.2) is 18.2 Å². The molecule has 0 saturated carbocycles. The molecule has 1 fully saturated rings. The molecule has 4 heteroatoms. The minimum atomic E-state index is 0.150. The Balaban J connectivity index is 1.51. The molecule has 1 N–H and O–H groups in total. The minimum absolute atomic E-state index is 0.150. The van der Waals surface area contributed by atoms with Gasteiger partial charge in [-0.15, -0.1) is 0 Å². The van der Waals surface area contributed by atoms with Crippen molar-refractivity contribution in [1.82, 2.24) is 9.80 Å². The predicted molar refractivity (Wildman–Crippen MR) is 85.9 cm³/mol. The normalized spacial score (nSPS) is 18.9. The number of nitrogens with one attached hydrogen (secondary N) is 1. The van der Waals surface area contributed by atoms with Crippen molar-refractivity contribution in [1.29, 1.82) is 0 Å². The Bertz CT molecular complexity index is 509. The molecule has 0 atom stereocenters. The van der Waals surface area contributed by atoms with Gasteiger partial charge in [0.2, 0.25) is 0 Å². The van der Waals surface area contributed by atoms with Gasteiger partial charge in [-0.3, -0.25) is 4.79 Å². The molecule has 4 nitrogen and oxygen atoms in total. The standard InChI is InChI=1S/C17H25N3O/c1-19-12-7-14-13-15(5-6-16(14)17(19)21)18-8-4-11-20-9-2-3-10-20/h5-6,13,18H,2-4,7-12H2,1H3. The van der Waals surface area contributed by atoms with Crippen LogP contribution in [0.2, 0.25) is 0 Å². The fourth-order valence-corrected chi connectivity index (χ4v) is 3.26. The van der Waals surface area contributed by atoms with E-state index in [0.717, 1.165) is 30.8 Å². The van der Waals surface area contributed by atoms with E-state index in [2.05, 4.69) is 16.3 Å². The van der Waals surface area contributed by atoms with Crippen LogP contribution in [0, 0.1) is 0 Å². The quantitative estimate of drug-likeness (QED) is 0.844. The summed E-state index contributed by atoms with van der Waals surface area (Å²) in [6, 6.07) is 6.15. The van der Waals surface area contributed by atoms with Gasteiger partial charge < -0.3 is 15.1 Å². The molecule has 0 aromatic heterocycles. The van der Waals surface area contributed by atoms with Crippen LogP contribution in [0.4, 0.5) is 5.69 Å². The van der Waals surface area contributed by atoms with Crippen molar-refractivity contribution < 1.29 is 4.79 Å². The van der Waals surface area contributed by atoms with Gasteiger partial charge in [-0.1, -0.05) is 0 Å². The predicted octanol–water partition coefficient (Wildman–Crippen LogP) is 2.21. The third-order valence-electron chi connectivity index (χ3n) is 4.58. The zero-order chi connectivity index (χ0) is 14.7. The summed E-state index contributed by atoms with van der Waals surface area (Å²) >= 11 is 0. The first-order chi connectivity index (χ1) is 10.2. The van der Waals surface area contributed by atoms with Gasteiger partial charge in [-0.25, -0.2) is 0 Å². The van der Waals surface area contributed by atoms with E-state index in [0.29, 0.717) is 0 Å². The van der Waals surface area contributed by atoms with Crippen LogP contribution in [0.3, 0.4) is 0 Å². The summed E-state index contributed by atoms with van der Waals surface area (Å²) in [5.41, 5.74) is 3.20. The summed E-state index contributed by atoms with van der Waals surface area (Å²) in [6.07, 6.45) is 4.86. The largest absolute Gasteiger partial charge is 0.385 e. The molecular formula is C17H25N3O. The highest BCUT2D eigenvalue weighted by molar-refractivity contribution is 5.97. The molecule has 3 rings (SSSR count). The van der Waals surface area contributed by atoms with Gasteiger partial charge in [0.25, 0.3) is 5.91 Å². The number of hydrogen-bond donors (Lipinski definition) is 1. The summed E-state index contributed by atoms with van der Waals surface area (Å²) in [7, 11) is 1.87. The van der Waals surface area contributed by atoms with Crippen molar-refractivity contribution in [3.05, 3.63) is 29.3 Å². The Kier molecular flexibility index (Phi) is 4.44. The van der Waals surface area contributed by atoms with E-state index < -0.39 is 0 Å².